The van der Waals surface area contributed by atoms with Gasteiger partial charge in [0, 0.05) is 31.0 Å². The minimum Gasteiger partial charge on any atom is -0.337 e. The molecule has 0 radical (unpaired) electrons. The van der Waals surface area contributed by atoms with Gasteiger partial charge in [-0.25, -0.2) is 13.8 Å². The summed E-state index contributed by atoms with van der Waals surface area (Å²) in [7, 11) is 1.88. The molecule has 0 spiro atoms. The molecule has 0 fully saturated rings. The normalized spacial score (nSPS) is 14.4. The molecule has 0 aliphatic heterocycles. The van der Waals surface area contributed by atoms with Crippen LogP contribution in [0.2, 0.25) is 0 Å². The van der Waals surface area contributed by atoms with Gasteiger partial charge in [0.25, 0.3) is 0 Å². The van der Waals surface area contributed by atoms with Gasteiger partial charge in [0.2, 0.25) is 0 Å². The number of aromatic nitrogens is 2. The molecule has 5 heteroatoms. The number of imidazole rings is 1. The van der Waals surface area contributed by atoms with Gasteiger partial charge in [0.15, 0.2) is 0 Å². The van der Waals surface area contributed by atoms with Crippen LogP contribution in [0.3, 0.4) is 0 Å². The van der Waals surface area contributed by atoms with Gasteiger partial charge in [-0.15, -0.1) is 0 Å². The molecule has 0 amide bonds. The molecular weight excluding hydrogens is 248 g/mol. The van der Waals surface area contributed by atoms with Gasteiger partial charge in [-0.05, 0) is 26.0 Å². The molecule has 1 aromatic carbocycles. The molecule has 1 heterocycles. The predicted octanol–water partition coefficient (Wildman–Crippen LogP) is 3.11. The molecule has 0 bridgehead atoms. The number of hydrogen-bond acceptors (Lipinski definition) is 2. The van der Waals surface area contributed by atoms with Crippen molar-refractivity contribution in [1.82, 2.24) is 14.9 Å². The van der Waals surface area contributed by atoms with Crippen molar-refractivity contribution in [2.45, 2.75) is 25.9 Å². The molecule has 102 valence electrons. The second kappa shape index (κ2) is 5.48. The van der Waals surface area contributed by atoms with Gasteiger partial charge in [0.1, 0.15) is 17.5 Å². The fraction of sp³-hybridized carbons (Fsp3) is 0.357. The average molecular weight is 265 g/mol. The lowest BCUT2D eigenvalue weighted by atomic mass is 10.1. The van der Waals surface area contributed by atoms with Crippen LogP contribution in [0, 0.1) is 11.6 Å². The van der Waals surface area contributed by atoms with Crippen LogP contribution in [0.5, 0.6) is 0 Å². The first-order valence-corrected chi connectivity index (χ1v) is 6.18. The Hall–Kier alpha value is -1.75. The van der Waals surface area contributed by atoms with Crippen LogP contribution in [0.25, 0.3) is 0 Å². The molecule has 1 N–H and O–H groups in total. The average Bonchev–Trinajstić information content (AvgIpc) is 2.75. The van der Waals surface area contributed by atoms with Crippen molar-refractivity contribution in [3.05, 3.63) is 53.6 Å². The highest BCUT2D eigenvalue weighted by Crippen LogP contribution is 2.23. The maximum Gasteiger partial charge on any atom is 0.130 e. The third-order valence-corrected chi connectivity index (χ3v) is 3.18. The van der Waals surface area contributed by atoms with Gasteiger partial charge in [-0.1, -0.05) is 6.07 Å². The summed E-state index contributed by atoms with van der Waals surface area (Å²) in [6.45, 7) is 3.65. The van der Waals surface area contributed by atoms with E-state index in [2.05, 4.69) is 10.3 Å². The summed E-state index contributed by atoms with van der Waals surface area (Å²) in [5, 5.41) is 3.16. The van der Waals surface area contributed by atoms with Crippen molar-refractivity contribution in [1.29, 1.82) is 0 Å². The molecule has 1 aromatic heterocycles. The Labute approximate surface area is 111 Å². The monoisotopic (exact) mass is 265 g/mol. The van der Waals surface area contributed by atoms with Crippen LogP contribution >= 0.6 is 0 Å². The number of aryl methyl sites for hydroxylation is 1. The molecular formula is C14H17F2N3. The zero-order chi connectivity index (χ0) is 14.0. The van der Waals surface area contributed by atoms with Crippen molar-refractivity contribution >= 4 is 0 Å². The maximum absolute atomic E-state index is 13.7. The summed E-state index contributed by atoms with van der Waals surface area (Å²) in [4.78, 5) is 4.22. The fourth-order valence-electron chi connectivity index (χ4n) is 2.25. The van der Waals surface area contributed by atoms with Crippen LogP contribution in [0.1, 0.15) is 37.3 Å². The van der Waals surface area contributed by atoms with Crippen molar-refractivity contribution in [2.75, 3.05) is 0 Å². The van der Waals surface area contributed by atoms with E-state index in [1.54, 1.807) is 13.1 Å². The summed E-state index contributed by atoms with van der Waals surface area (Å²) in [5.74, 6) is -0.248. The quantitative estimate of drug-likeness (QED) is 0.920. The Morgan fingerprint density at radius 2 is 1.79 bits per heavy atom. The number of rotatable bonds is 4. The first-order chi connectivity index (χ1) is 9.00. The number of nitrogens with one attached hydrogen (secondary N) is 1. The van der Waals surface area contributed by atoms with E-state index in [0.29, 0.717) is 0 Å². The summed E-state index contributed by atoms with van der Waals surface area (Å²) in [5.41, 5.74) is 0.0589. The van der Waals surface area contributed by atoms with Crippen molar-refractivity contribution < 1.29 is 8.78 Å². The molecule has 0 aliphatic carbocycles. The van der Waals surface area contributed by atoms with Crippen LogP contribution in [0.4, 0.5) is 8.78 Å². The van der Waals surface area contributed by atoms with Crippen molar-refractivity contribution in [3.63, 3.8) is 0 Å². The van der Waals surface area contributed by atoms with Crippen LogP contribution in [-0.2, 0) is 7.05 Å². The van der Waals surface area contributed by atoms with E-state index in [1.165, 1.54) is 18.2 Å². The first kappa shape index (κ1) is 13.7. The highest BCUT2D eigenvalue weighted by molar-refractivity contribution is 5.23. The van der Waals surface area contributed by atoms with E-state index < -0.39 is 17.7 Å². The topological polar surface area (TPSA) is 29.9 Å². The fourth-order valence-corrected chi connectivity index (χ4v) is 2.25. The molecule has 3 nitrogen and oxygen atoms in total. The van der Waals surface area contributed by atoms with Gasteiger partial charge in [-0.3, -0.25) is 0 Å². The van der Waals surface area contributed by atoms with Crippen LogP contribution < -0.4 is 5.32 Å². The zero-order valence-electron chi connectivity index (χ0n) is 11.2. The molecule has 2 unspecified atom stereocenters. The summed E-state index contributed by atoms with van der Waals surface area (Å²) >= 11 is 0. The second-order valence-electron chi connectivity index (χ2n) is 4.64. The molecule has 2 rings (SSSR count). The van der Waals surface area contributed by atoms with Crippen LogP contribution in [0.15, 0.2) is 30.6 Å². The molecule has 0 saturated heterocycles. The molecule has 0 aliphatic rings. The van der Waals surface area contributed by atoms with E-state index in [4.69, 9.17) is 0 Å². The smallest absolute Gasteiger partial charge is 0.130 e. The van der Waals surface area contributed by atoms with Gasteiger partial charge in [-0.2, -0.15) is 0 Å². The standard InChI is InChI=1S/C14H17F2N3/c1-9(13-11(15)5-4-6-12(13)16)18-10(2)14-17-7-8-19(14)3/h4-10,18H,1-3H3. The lowest BCUT2D eigenvalue weighted by molar-refractivity contribution is 0.434. The Bertz CT molecular complexity index is 545. The molecule has 0 saturated carbocycles. The molecule has 2 atom stereocenters. The highest BCUT2D eigenvalue weighted by Gasteiger charge is 2.19. The van der Waals surface area contributed by atoms with Crippen molar-refractivity contribution in [3.8, 4) is 0 Å². The SMILES string of the molecule is CC(NC(C)c1nccn1C)c1c(F)cccc1F. The zero-order valence-corrected chi connectivity index (χ0v) is 11.2. The highest BCUT2D eigenvalue weighted by atomic mass is 19.1. The third-order valence-electron chi connectivity index (χ3n) is 3.18. The van der Waals surface area contributed by atoms with Gasteiger partial charge < -0.3 is 9.88 Å². The number of benzene rings is 1. The summed E-state index contributed by atoms with van der Waals surface area (Å²) in [6.07, 6.45) is 3.53. The maximum atomic E-state index is 13.7. The molecule has 19 heavy (non-hydrogen) atoms. The van der Waals surface area contributed by atoms with Gasteiger partial charge in [0.05, 0.1) is 6.04 Å². The largest absolute Gasteiger partial charge is 0.337 e. The second-order valence-corrected chi connectivity index (χ2v) is 4.64. The lowest BCUT2D eigenvalue weighted by Gasteiger charge is -2.21. The van der Waals surface area contributed by atoms with E-state index in [0.717, 1.165) is 5.82 Å². The Morgan fingerprint density at radius 1 is 1.16 bits per heavy atom. The number of halogens is 2. The minimum absolute atomic E-state index is 0.0589. The van der Waals surface area contributed by atoms with Crippen LogP contribution in [-0.4, -0.2) is 9.55 Å². The number of nitrogens with zero attached hydrogens (tertiary/aromatic N) is 2. The van der Waals surface area contributed by atoms with Crippen molar-refractivity contribution in [2.24, 2.45) is 7.05 Å². The molecule has 2 aromatic rings. The third kappa shape index (κ3) is 2.81. The van der Waals surface area contributed by atoms with E-state index >= 15 is 0 Å². The Kier molecular flexibility index (Phi) is 3.95. The Morgan fingerprint density at radius 3 is 2.32 bits per heavy atom. The van der Waals surface area contributed by atoms with E-state index in [9.17, 15) is 8.78 Å². The summed E-state index contributed by atoms with van der Waals surface area (Å²) in [6, 6.07) is 3.36. The Balaban J connectivity index is 2.18. The van der Waals surface area contributed by atoms with Gasteiger partial charge >= 0.3 is 0 Å². The van der Waals surface area contributed by atoms with E-state index in [1.807, 2.05) is 24.7 Å². The predicted molar refractivity (Wildman–Crippen MR) is 69.5 cm³/mol. The van der Waals surface area contributed by atoms with E-state index in [-0.39, 0.29) is 11.6 Å². The number of hydrogen-bond donors (Lipinski definition) is 1. The lowest BCUT2D eigenvalue weighted by Crippen LogP contribution is -2.26. The summed E-state index contributed by atoms with van der Waals surface area (Å²) < 4.78 is 29.2. The first-order valence-electron chi connectivity index (χ1n) is 6.18. The minimum atomic E-state index is -0.535.